The fraction of sp³-hybridized carbons (Fsp3) is 0.385. The Morgan fingerprint density at radius 1 is 0.935 bits per heavy atom. The predicted molar refractivity (Wildman–Crippen MR) is 129 cm³/mol. The first-order chi connectivity index (χ1) is 15.2. The molecule has 0 fully saturated rings. The molecule has 1 heterocycles. The highest BCUT2D eigenvalue weighted by Gasteiger charge is 2.32. The number of hydrogen-bond acceptors (Lipinski definition) is 4. The molecule has 2 aromatic carbocycles. The average molecular weight is 420 g/mol. The minimum atomic E-state index is -0.175. The van der Waals surface area contributed by atoms with E-state index in [0.717, 1.165) is 24.3 Å². The molecule has 0 spiro atoms. The minimum Gasteiger partial charge on any atom is -0.476 e. The molecule has 5 heteroatoms. The molecule has 5 nitrogen and oxygen atoms in total. The second-order valence-electron chi connectivity index (χ2n) is 7.63. The molecule has 0 N–H and O–H groups in total. The molecule has 1 aliphatic rings. The molecular weight excluding hydrogens is 386 g/mol. The average Bonchev–Trinajstić information content (AvgIpc) is 3.10. The fourth-order valence-corrected chi connectivity index (χ4v) is 3.52. The summed E-state index contributed by atoms with van der Waals surface area (Å²) in [5.41, 5.74) is 3.39. The third-order valence-corrected chi connectivity index (χ3v) is 5.26. The van der Waals surface area contributed by atoms with Crippen LogP contribution in [0.15, 0.2) is 65.3 Å². The number of ether oxygens (including phenoxy) is 1. The van der Waals surface area contributed by atoms with E-state index in [1.165, 1.54) is 36.4 Å². The summed E-state index contributed by atoms with van der Waals surface area (Å²) < 4.78 is 5.67. The molecule has 2 aromatic rings. The molecule has 164 valence electrons. The summed E-state index contributed by atoms with van der Waals surface area (Å²) in [7, 11) is 0. The molecule has 0 saturated carbocycles. The zero-order valence-electron chi connectivity index (χ0n) is 18.9. The molecule has 0 bridgehead atoms. The van der Waals surface area contributed by atoms with Gasteiger partial charge in [-0.1, -0.05) is 57.0 Å². The van der Waals surface area contributed by atoms with Crippen molar-refractivity contribution in [3.8, 4) is 0 Å². The summed E-state index contributed by atoms with van der Waals surface area (Å²) in [6.07, 6.45) is 6.62. The lowest BCUT2D eigenvalue weighted by Gasteiger charge is -2.24. The number of para-hydroxylation sites is 1. The van der Waals surface area contributed by atoms with Gasteiger partial charge in [-0.15, -0.1) is 5.10 Å². The van der Waals surface area contributed by atoms with Gasteiger partial charge in [0.2, 0.25) is 5.90 Å². The third-order valence-electron chi connectivity index (χ3n) is 5.26. The van der Waals surface area contributed by atoms with Crippen LogP contribution in [0.4, 0.5) is 11.4 Å². The highest BCUT2D eigenvalue weighted by molar-refractivity contribution is 6.30. The largest absolute Gasteiger partial charge is 0.476 e. The van der Waals surface area contributed by atoms with Crippen LogP contribution in [0.25, 0.3) is 6.08 Å². The number of hydrazone groups is 1. The van der Waals surface area contributed by atoms with E-state index >= 15 is 0 Å². The van der Waals surface area contributed by atoms with Crippen LogP contribution in [0.1, 0.15) is 52.0 Å². The summed E-state index contributed by atoms with van der Waals surface area (Å²) >= 11 is 0. The van der Waals surface area contributed by atoms with E-state index in [2.05, 4.69) is 48.1 Å². The van der Waals surface area contributed by atoms with Gasteiger partial charge in [-0.25, -0.2) is 0 Å². The van der Waals surface area contributed by atoms with Crippen molar-refractivity contribution >= 4 is 29.3 Å². The molecule has 0 unspecified atom stereocenters. The van der Waals surface area contributed by atoms with E-state index in [0.29, 0.717) is 18.1 Å². The SMILES string of the molecule is CCCCN(CCCC)c1ccc(/C=C2\C(=O)N(c3ccccc3)N=C2OCC)cc1. The van der Waals surface area contributed by atoms with E-state index in [9.17, 15) is 4.79 Å². The Morgan fingerprint density at radius 2 is 1.58 bits per heavy atom. The Bertz CT molecular complexity index is 896. The highest BCUT2D eigenvalue weighted by atomic mass is 16.5. The van der Waals surface area contributed by atoms with Crippen molar-refractivity contribution in [2.24, 2.45) is 5.10 Å². The summed E-state index contributed by atoms with van der Waals surface area (Å²) in [6.45, 7) is 8.94. The molecule has 0 radical (unpaired) electrons. The maximum atomic E-state index is 13.1. The van der Waals surface area contributed by atoms with Gasteiger partial charge in [-0.05, 0) is 55.7 Å². The topological polar surface area (TPSA) is 45.1 Å². The summed E-state index contributed by atoms with van der Waals surface area (Å²) in [5, 5.41) is 5.83. The zero-order valence-corrected chi connectivity index (χ0v) is 18.9. The van der Waals surface area contributed by atoms with Crippen molar-refractivity contribution < 1.29 is 9.53 Å². The zero-order chi connectivity index (χ0) is 22.1. The molecular formula is C26H33N3O2. The Labute approximate surface area is 186 Å². The van der Waals surface area contributed by atoms with Crippen molar-refractivity contribution in [2.75, 3.05) is 29.6 Å². The second kappa shape index (κ2) is 11.3. The van der Waals surface area contributed by atoms with E-state index in [1.54, 1.807) is 0 Å². The summed E-state index contributed by atoms with van der Waals surface area (Å²) in [5.74, 6) is 0.194. The first-order valence-electron chi connectivity index (χ1n) is 11.4. The van der Waals surface area contributed by atoms with Gasteiger partial charge >= 0.3 is 0 Å². The van der Waals surface area contributed by atoms with Crippen molar-refractivity contribution in [3.63, 3.8) is 0 Å². The first-order valence-corrected chi connectivity index (χ1v) is 11.4. The number of nitrogens with zero attached hydrogens (tertiary/aromatic N) is 3. The Hall–Kier alpha value is -3.08. The molecule has 0 saturated heterocycles. The van der Waals surface area contributed by atoms with Crippen LogP contribution in [-0.2, 0) is 9.53 Å². The van der Waals surface area contributed by atoms with Gasteiger partial charge in [0, 0.05) is 18.8 Å². The van der Waals surface area contributed by atoms with Gasteiger partial charge in [0.25, 0.3) is 5.91 Å². The Balaban J connectivity index is 1.82. The molecule has 3 rings (SSSR count). The van der Waals surface area contributed by atoms with Crippen LogP contribution in [0.3, 0.4) is 0 Å². The van der Waals surface area contributed by atoms with Gasteiger partial charge in [0.1, 0.15) is 5.57 Å². The van der Waals surface area contributed by atoms with Gasteiger partial charge in [0.15, 0.2) is 0 Å². The quantitative estimate of drug-likeness (QED) is 0.452. The third kappa shape index (κ3) is 5.75. The number of anilines is 2. The van der Waals surface area contributed by atoms with Crippen molar-refractivity contribution in [1.82, 2.24) is 0 Å². The predicted octanol–water partition coefficient (Wildman–Crippen LogP) is 5.87. The second-order valence-corrected chi connectivity index (χ2v) is 7.63. The first kappa shape index (κ1) is 22.6. The van der Waals surface area contributed by atoms with Gasteiger partial charge < -0.3 is 9.64 Å². The van der Waals surface area contributed by atoms with Crippen molar-refractivity contribution in [3.05, 3.63) is 65.7 Å². The smallest absolute Gasteiger partial charge is 0.284 e. The van der Waals surface area contributed by atoms with E-state index in [-0.39, 0.29) is 5.91 Å². The lowest BCUT2D eigenvalue weighted by molar-refractivity contribution is -0.114. The van der Waals surface area contributed by atoms with Crippen LogP contribution in [0.2, 0.25) is 0 Å². The van der Waals surface area contributed by atoms with Crippen molar-refractivity contribution in [2.45, 2.75) is 46.5 Å². The molecule has 1 aliphatic heterocycles. The van der Waals surface area contributed by atoms with Crippen LogP contribution < -0.4 is 9.91 Å². The monoisotopic (exact) mass is 419 g/mol. The number of hydrogen-bond donors (Lipinski definition) is 0. The van der Waals surface area contributed by atoms with Crippen LogP contribution in [-0.4, -0.2) is 31.5 Å². The lowest BCUT2D eigenvalue weighted by Crippen LogP contribution is -2.25. The number of carbonyl (C=O) groups excluding carboxylic acids is 1. The fourth-order valence-electron chi connectivity index (χ4n) is 3.52. The van der Waals surface area contributed by atoms with E-state index in [1.807, 2.05) is 43.3 Å². The van der Waals surface area contributed by atoms with E-state index in [4.69, 9.17) is 4.74 Å². The highest BCUT2D eigenvalue weighted by Crippen LogP contribution is 2.26. The maximum Gasteiger partial charge on any atom is 0.284 e. The molecule has 0 atom stereocenters. The molecule has 0 aromatic heterocycles. The normalized spacial score (nSPS) is 14.8. The minimum absolute atomic E-state index is 0.175. The van der Waals surface area contributed by atoms with Crippen LogP contribution in [0.5, 0.6) is 0 Å². The summed E-state index contributed by atoms with van der Waals surface area (Å²) in [4.78, 5) is 15.5. The van der Waals surface area contributed by atoms with Crippen LogP contribution >= 0.6 is 0 Å². The van der Waals surface area contributed by atoms with Gasteiger partial charge in [0.05, 0.1) is 12.3 Å². The van der Waals surface area contributed by atoms with E-state index < -0.39 is 0 Å². The van der Waals surface area contributed by atoms with Crippen LogP contribution in [0, 0.1) is 0 Å². The Morgan fingerprint density at radius 3 is 2.16 bits per heavy atom. The standard InChI is InChI=1S/C26H33N3O2/c1-4-7-18-28(19-8-5-2)22-16-14-21(15-17-22)20-24-25(31-6-3)27-29(26(24)30)23-12-10-9-11-13-23/h9-17,20H,4-8,18-19H2,1-3H3/b24-20-. The van der Waals surface area contributed by atoms with Crippen molar-refractivity contribution in [1.29, 1.82) is 0 Å². The molecule has 0 aliphatic carbocycles. The lowest BCUT2D eigenvalue weighted by atomic mass is 10.1. The summed E-state index contributed by atoms with van der Waals surface area (Å²) in [6, 6.07) is 17.8. The molecule has 31 heavy (non-hydrogen) atoms. The Kier molecular flexibility index (Phi) is 8.27. The number of amides is 1. The van der Waals surface area contributed by atoms with Gasteiger partial charge in [-0.3, -0.25) is 4.79 Å². The molecule has 1 amide bonds. The maximum absolute atomic E-state index is 13.1. The number of carbonyl (C=O) groups is 1. The number of unbranched alkanes of at least 4 members (excludes halogenated alkanes) is 2. The van der Waals surface area contributed by atoms with Gasteiger partial charge in [-0.2, -0.15) is 5.01 Å². The number of benzene rings is 2. The number of rotatable bonds is 10.